The number of hydrogen-bond acceptors (Lipinski definition) is 4. The van der Waals surface area contributed by atoms with Gasteiger partial charge in [0, 0.05) is 11.0 Å². The summed E-state index contributed by atoms with van der Waals surface area (Å²) in [5, 5.41) is 10.6. The first-order chi connectivity index (χ1) is 9.13. The molecule has 1 spiro atoms. The van der Waals surface area contributed by atoms with Crippen LogP contribution < -0.4 is 0 Å². The maximum atomic E-state index is 12.6. The van der Waals surface area contributed by atoms with Crippen LogP contribution in [-0.4, -0.2) is 28.1 Å². The molecule has 1 N–H and O–H groups in total. The van der Waals surface area contributed by atoms with E-state index >= 15 is 0 Å². The van der Waals surface area contributed by atoms with Gasteiger partial charge in [0.25, 0.3) is 0 Å². The first kappa shape index (κ1) is 14.3. The monoisotopic (exact) mass is 316 g/mol. The number of halogens is 2. The van der Waals surface area contributed by atoms with E-state index in [0.29, 0.717) is 6.42 Å². The molecule has 2 aliphatic carbocycles. The maximum absolute atomic E-state index is 12.6. The summed E-state index contributed by atoms with van der Waals surface area (Å²) in [6, 6.07) is 0. The summed E-state index contributed by atoms with van der Waals surface area (Å²) in [5.74, 6) is -3.55. The highest BCUT2D eigenvalue weighted by Gasteiger charge is 2.85. The van der Waals surface area contributed by atoms with Crippen molar-refractivity contribution in [2.75, 3.05) is 0 Å². The van der Waals surface area contributed by atoms with Gasteiger partial charge in [-0.15, -0.1) is 0 Å². The van der Waals surface area contributed by atoms with Crippen molar-refractivity contribution < 1.29 is 19.4 Å². The van der Waals surface area contributed by atoms with Crippen LogP contribution in [0.4, 0.5) is 0 Å². The molecule has 6 heteroatoms. The van der Waals surface area contributed by atoms with Crippen LogP contribution in [-0.2, 0) is 14.3 Å². The van der Waals surface area contributed by atoms with Gasteiger partial charge in [-0.25, -0.2) is 0 Å². The van der Waals surface area contributed by atoms with Crippen molar-refractivity contribution >= 4 is 34.8 Å². The number of carbonyl (C=O) groups excluding carboxylic acids is 2. The van der Waals surface area contributed by atoms with Gasteiger partial charge in [0.05, 0.1) is 16.2 Å². The standard InChI is InChI=1S/C14H14Cl2O4/c1-4-6(15)8-9(16)11(18)13-5-7(13)12(2,3)20-14(13,19)10(8)17/h4,7,19H,5H2,1-3H3/b6-4-/t7-,13-,14+/m0/s1. The summed E-state index contributed by atoms with van der Waals surface area (Å²) in [6.45, 7) is 5.13. The molecule has 0 aromatic carbocycles. The molecule has 0 amide bonds. The molecule has 3 aliphatic rings. The molecule has 1 heterocycles. The summed E-state index contributed by atoms with van der Waals surface area (Å²) < 4.78 is 5.56. The predicted molar refractivity (Wildman–Crippen MR) is 73.2 cm³/mol. The number of ether oxygens (including phenoxy) is 1. The number of allylic oxidation sites excluding steroid dienone is 3. The minimum atomic E-state index is -2.16. The molecular formula is C14H14Cl2O4. The summed E-state index contributed by atoms with van der Waals surface area (Å²) in [5.41, 5.74) is -2.15. The van der Waals surface area contributed by atoms with Gasteiger partial charge in [0.1, 0.15) is 5.41 Å². The average molecular weight is 317 g/mol. The van der Waals surface area contributed by atoms with Crippen molar-refractivity contribution in [2.45, 2.75) is 38.6 Å². The Morgan fingerprint density at radius 2 is 2.00 bits per heavy atom. The molecule has 0 aromatic rings. The van der Waals surface area contributed by atoms with Gasteiger partial charge >= 0.3 is 0 Å². The van der Waals surface area contributed by atoms with E-state index in [-0.39, 0.29) is 21.6 Å². The molecule has 1 saturated heterocycles. The molecule has 20 heavy (non-hydrogen) atoms. The van der Waals surface area contributed by atoms with E-state index in [1.54, 1.807) is 20.8 Å². The van der Waals surface area contributed by atoms with Gasteiger partial charge in [0.15, 0.2) is 5.78 Å². The largest absolute Gasteiger partial charge is 0.358 e. The maximum Gasteiger partial charge on any atom is 0.245 e. The molecule has 108 valence electrons. The fourth-order valence-corrected chi connectivity index (χ4v) is 4.19. The lowest BCUT2D eigenvalue weighted by Gasteiger charge is -2.36. The highest BCUT2D eigenvalue weighted by molar-refractivity contribution is 6.50. The summed E-state index contributed by atoms with van der Waals surface area (Å²) in [4.78, 5) is 25.2. The van der Waals surface area contributed by atoms with Crippen molar-refractivity contribution in [3.63, 3.8) is 0 Å². The van der Waals surface area contributed by atoms with Crippen LogP contribution in [0, 0.1) is 11.3 Å². The second-order valence-electron chi connectivity index (χ2n) is 6.06. The topological polar surface area (TPSA) is 63.6 Å². The van der Waals surface area contributed by atoms with Gasteiger partial charge in [-0.2, -0.15) is 0 Å². The second kappa shape index (κ2) is 3.74. The van der Waals surface area contributed by atoms with Crippen LogP contribution in [0.3, 0.4) is 0 Å². The highest BCUT2D eigenvalue weighted by Crippen LogP contribution is 2.74. The number of hydrogen-bond donors (Lipinski definition) is 1. The minimum Gasteiger partial charge on any atom is -0.358 e. The van der Waals surface area contributed by atoms with Crippen molar-refractivity contribution in [1.82, 2.24) is 0 Å². The number of carbonyl (C=O) groups is 2. The Morgan fingerprint density at radius 3 is 2.50 bits per heavy atom. The fraction of sp³-hybridized carbons (Fsp3) is 0.571. The number of aliphatic hydroxyl groups is 1. The van der Waals surface area contributed by atoms with Gasteiger partial charge in [0.2, 0.25) is 11.6 Å². The Kier molecular flexibility index (Phi) is 2.67. The third-order valence-corrected chi connectivity index (χ3v) is 5.43. The highest BCUT2D eigenvalue weighted by atomic mass is 35.5. The number of Topliss-reactive ketones (excluding diaryl/α,β-unsaturated/α-hetero) is 2. The zero-order valence-corrected chi connectivity index (χ0v) is 12.8. The lowest BCUT2D eigenvalue weighted by molar-refractivity contribution is -0.239. The van der Waals surface area contributed by atoms with E-state index in [1.807, 2.05) is 0 Å². The Balaban J connectivity index is 2.23. The molecule has 2 fully saturated rings. The van der Waals surface area contributed by atoms with E-state index in [9.17, 15) is 14.7 Å². The number of rotatable bonds is 1. The summed E-state index contributed by atoms with van der Waals surface area (Å²) in [7, 11) is 0. The lowest BCUT2D eigenvalue weighted by atomic mass is 9.77. The molecule has 0 radical (unpaired) electrons. The quantitative estimate of drug-likeness (QED) is 0.806. The third-order valence-electron chi connectivity index (χ3n) is 4.67. The van der Waals surface area contributed by atoms with Crippen LogP contribution in [0.5, 0.6) is 0 Å². The summed E-state index contributed by atoms with van der Waals surface area (Å²) >= 11 is 12.0. The van der Waals surface area contributed by atoms with Crippen molar-refractivity contribution in [2.24, 2.45) is 11.3 Å². The van der Waals surface area contributed by atoms with Crippen molar-refractivity contribution in [1.29, 1.82) is 0 Å². The Hall–Kier alpha value is -0.680. The number of ketones is 2. The SMILES string of the molecule is C/C=C(\Cl)C1=C(Cl)C(=O)[C@]23C[C@H]2C(C)(C)O[C@]3(O)C1=O. The first-order valence-electron chi connectivity index (χ1n) is 6.37. The van der Waals surface area contributed by atoms with Crippen molar-refractivity contribution in [3.8, 4) is 0 Å². The molecule has 4 nitrogen and oxygen atoms in total. The molecular weight excluding hydrogens is 303 g/mol. The Labute approximate surface area is 126 Å². The van der Waals surface area contributed by atoms with Crippen molar-refractivity contribution in [3.05, 3.63) is 21.7 Å². The zero-order chi connectivity index (χ0) is 15.1. The van der Waals surface area contributed by atoms with E-state index in [0.717, 1.165) is 0 Å². The Bertz CT molecular complexity index is 619. The molecule has 1 saturated carbocycles. The van der Waals surface area contributed by atoms with Gasteiger partial charge in [-0.1, -0.05) is 29.3 Å². The van der Waals surface area contributed by atoms with Crippen LogP contribution in [0.2, 0.25) is 0 Å². The fourth-order valence-electron chi connectivity index (χ4n) is 3.61. The lowest BCUT2D eigenvalue weighted by Crippen LogP contribution is -2.55. The van der Waals surface area contributed by atoms with Crippen LogP contribution in [0.1, 0.15) is 27.2 Å². The van der Waals surface area contributed by atoms with E-state index in [2.05, 4.69) is 0 Å². The van der Waals surface area contributed by atoms with Gasteiger partial charge in [-0.3, -0.25) is 9.59 Å². The predicted octanol–water partition coefficient (Wildman–Crippen LogP) is 2.28. The molecule has 0 bridgehead atoms. The zero-order valence-electron chi connectivity index (χ0n) is 11.3. The molecule has 0 aromatic heterocycles. The molecule has 3 rings (SSSR count). The molecule has 1 aliphatic heterocycles. The molecule has 3 atom stereocenters. The summed E-state index contributed by atoms with van der Waals surface area (Å²) in [6.07, 6.45) is 1.86. The average Bonchev–Trinajstić information content (AvgIpc) is 3.09. The second-order valence-corrected chi connectivity index (χ2v) is 6.85. The Morgan fingerprint density at radius 1 is 1.40 bits per heavy atom. The van der Waals surface area contributed by atoms with Crippen LogP contribution in [0.25, 0.3) is 0 Å². The third kappa shape index (κ3) is 1.31. The van der Waals surface area contributed by atoms with Gasteiger partial charge < -0.3 is 9.84 Å². The van der Waals surface area contributed by atoms with Crippen LogP contribution in [0.15, 0.2) is 21.7 Å². The van der Waals surface area contributed by atoms with Gasteiger partial charge in [-0.05, 0) is 27.2 Å². The molecule has 0 unspecified atom stereocenters. The minimum absolute atomic E-state index is 0.0436. The van der Waals surface area contributed by atoms with E-state index in [1.165, 1.54) is 6.08 Å². The smallest absolute Gasteiger partial charge is 0.245 e. The van der Waals surface area contributed by atoms with E-state index in [4.69, 9.17) is 27.9 Å². The first-order valence-corrected chi connectivity index (χ1v) is 7.13. The normalized spacial score (nSPS) is 42.7. The van der Waals surface area contributed by atoms with E-state index < -0.39 is 28.4 Å². The van der Waals surface area contributed by atoms with Crippen LogP contribution >= 0.6 is 23.2 Å².